The third-order valence-corrected chi connectivity index (χ3v) is 5.30. The second-order valence-corrected chi connectivity index (χ2v) is 7.74. The van der Waals surface area contributed by atoms with Gasteiger partial charge in [0.15, 0.2) is 0 Å². The van der Waals surface area contributed by atoms with Crippen molar-refractivity contribution in [3.63, 3.8) is 0 Å². The van der Waals surface area contributed by atoms with Gasteiger partial charge in [0, 0.05) is 17.7 Å². The fourth-order valence-corrected chi connectivity index (χ4v) is 3.22. The van der Waals surface area contributed by atoms with Gasteiger partial charge in [-0.25, -0.2) is 10.3 Å². The van der Waals surface area contributed by atoms with Crippen molar-refractivity contribution in [1.82, 2.24) is 5.48 Å². The first-order valence-corrected chi connectivity index (χ1v) is 11.1. The zero-order valence-corrected chi connectivity index (χ0v) is 18.2. The Hall–Kier alpha value is -2.91. The number of unbranched alkanes of at least 4 members (excludes halogenated alkanes) is 2. The van der Waals surface area contributed by atoms with Gasteiger partial charge in [-0.2, -0.15) is 18.2 Å². The first-order chi connectivity index (χ1) is 15.2. The molecule has 0 aliphatic heterocycles. The van der Waals surface area contributed by atoms with Crippen LogP contribution in [0.25, 0.3) is 11.6 Å². The molecule has 170 valence electrons. The van der Waals surface area contributed by atoms with Crippen molar-refractivity contribution < 1.29 is 33.0 Å². The number of halogens is 3. The lowest BCUT2D eigenvalue weighted by atomic mass is 10.0. The average molecular weight is 466 g/mol. The van der Waals surface area contributed by atoms with E-state index >= 15 is 0 Å². The third-order valence-electron chi connectivity index (χ3n) is 4.55. The molecule has 2 rings (SSSR count). The Kier molecular flexibility index (Phi) is 9.67. The minimum absolute atomic E-state index is 0.168. The fraction of sp³-hybridized carbons (Fsp3) is 0.261. The molecule has 0 radical (unpaired) electrons. The van der Waals surface area contributed by atoms with E-state index in [2.05, 4.69) is 4.99 Å². The Morgan fingerprint density at radius 1 is 1.06 bits per heavy atom. The SMILES string of the molecule is CSc1ccc(/C=C(\C(=O)[NH+]=CCCCCC(=O)NO)c2ccc(C(F)(F)F)cc2)cc1. The van der Waals surface area contributed by atoms with Crippen LogP contribution >= 0.6 is 11.8 Å². The molecule has 2 aromatic carbocycles. The third kappa shape index (κ3) is 7.97. The summed E-state index contributed by atoms with van der Waals surface area (Å²) < 4.78 is 38.7. The van der Waals surface area contributed by atoms with Crippen LogP contribution in [-0.4, -0.2) is 29.5 Å². The van der Waals surface area contributed by atoms with Gasteiger partial charge in [-0.1, -0.05) is 24.3 Å². The highest BCUT2D eigenvalue weighted by atomic mass is 32.2. The smallest absolute Gasteiger partial charge is 0.289 e. The minimum Gasteiger partial charge on any atom is -0.289 e. The number of amides is 2. The van der Waals surface area contributed by atoms with Crippen LogP contribution in [0.2, 0.25) is 0 Å². The quantitative estimate of drug-likeness (QED) is 0.100. The summed E-state index contributed by atoms with van der Waals surface area (Å²) in [4.78, 5) is 27.5. The van der Waals surface area contributed by atoms with Crippen LogP contribution < -0.4 is 10.5 Å². The van der Waals surface area contributed by atoms with Gasteiger partial charge in [-0.05, 0) is 60.6 Å². The van der Waals surface area contributed by atoms with Crippen LogP contribution in [0.4, 0.5) is 13.2 Å². The maximum atomic E-state index is 12.9. The second kappa shape index (κ2) is 12.2. The van der Waals surface area contributed by atoms with E-state index in [0.717, 1.165) is 22.6 Å². The summed E-state index contributed by atoms with van der Waals surface area (Å²) in [5.41, 5.74) is 2.09. The number of hydrogen-bond donors (Lipinski definition) is 3. The molecule has 2 aromatic rings. The molecule has 0 bridgehead atoms. The molecular weight excluding hydrogens is 441 g/mol. The molecule has 0 aliphatic carbocycles. The van der Waals surface area contributed by atoms with E-state index in [9.17, 15) is 22.8 Å². The van der Waals surface area contributed by atoms with Gasteiger partial charge >= 0.3 is 12.1 Å². The van der Waals surface area contributed by atoms with E-state index in [1.165, 1.54) is 12.1 Å². The molecule has 0 saturated carbocycles. The molecule has 3 N–H and O–H groups in total. The lowest BCUT2D eigenvalue weighted by Crippen LogP contribution is -2.74. The lowest BCUT2D eigenvalue weighted by Gasteiger charge is -2.08. The van der Waals surface area contributed by atoms with Crippen molar-refractivity contribution in [2.24, 2.45) is 0 Å². The summed E-state index contributed by atoms with van der Waals surface area (Å²) in [6.45, 7) is 0. The number of carbonyl (C=O) groups excluding carboxylic acids is 2. The topological polar surface area (TPSA) is 80.4 Å². The van der Waals surface area contributed by atoms with Crippen molar-refractivity contribution in [3.8, 4) is 0 Å². The van der Waals surface area contributed by atoms with E-state index in [-0.39, 0.29) is 12.0 Å². The van der Waals surface area contributed by atoms with Gasteiger partial charge in [0.05, 0.1) is 11.1 Å². The Bertz CT molecular complexity index is 969. The molecule has 2 amide bonds. The van der Waals surface area contributed by atoms with Crippen LogP contribution in [0.1, 0.15) is 42.4 Å². The summed E-state index contributed by atoms with van der Waals surface area (Å²) >= 11 is 1.57. The van der Waals surface area contributed by atoms with Gasteiger partial charge in [0.25, 0.3) is 0 Å². The van der Waals surface area contributed by atoms with E-state index in [1.54, 1.807) is 29.5 Å². The highest BCUT2D eigenvalue weighted by Crippen LogP contribution is 2.30. The van der Waals surface area contributed by atoms with Crippen LogP contribution in [0.15, 0.2) is 53.4 Å². The first-order valence-electron chi connectivity index (χ1n) is 9.83. The number of hydroxylamine groups is 1. The second-order valence-electron chi connectivity index (χ2n) is 6.86. The average Bonchev–Trinajstić information content (AvgIpc) is 2.79. The van der Waals surface area contributed by atoms with E-state index in [4.69, 9.17) is 5.21 Å². The number of rotatable bonds is 9. The van der Waals surface area contributed by atoms with Gasteiger partial charge in [0.1, 0.15) is 6.21 Å². The molecule has 0 aliphatic rings. The van der Waals surface area contributed by atoms with Gasteiger partial charge < -0.3 is 0 Å². The number of thioether (sulfide) groups is 1. The maximum absolute atomic E-state index is 12.9. The van der Waals surface area contributed by atoms with Gasteiger partial charge in [-0.3, -0.25) is 10.0 Å². The number of alkyl halides is 3. The first kappa shape index (κ1) is 25.4. The largest absolute Gasteiger partial charge is 0.418 e. The zero-order chi connectivity index (χ0) is 23.6. The van der Waals surface area contributed by atoms with Crippen molar-refractivity contribution in [2.45, 2.75) is 36.8 Å². The van der Waals surface area contributed by atoms with Crippen molar-refractivity contribution in [3.05, 3.63) is 65.2 Å². The monoisotopic (exact) mass is 465 g/mol. The molecule has 0 aromatic heterocycles. The summed E-state index contributed by atoms with van der Waals surface area (Å²) in [5.74, 6) is -0.930. The number of nitrogens with one attached hydrogen (secondary N) is 2. The fourth-order valence-electron chi connectivity index (χ4n) is 2.82. The van der Waals surface area contributed by atoms with E-state index in [0.29, 0.717) is 24.8 Å². The summed E-state index contributed by atoms with van der Waals surface area (Å²) in [6, 6.07) is 11.9. The summed E-state index contributed by atoms with van der Waals surface area (Å²) in [6.07, 6.45) is 2.46. The zero-order valence-electron chi connectivity index (χ0n) is 17.4. The standard InChI is InChI=1S/C23H23F3N2O3S/c1-32-19-12-6-16(7-13-19)15-20(17-8-10-18(11-9-17)23(24,25)26)22(30)27-14-4-2-3-5-21(29)28-31/h6-15,31H,2-5H2,1H3,(H,28,29)/p+1/b20-15-,27-14?. The molecule has 0 atom stereocenters. The summed E-state index contributed by atoms with van der Waals surface area (Å²) in [5, 5.41) is 8.46. The molecule has 0 saturated heterocycles. The molecule has 32 heavy (non-hydrogen) atoms. The van der Waals surface area contributed by atoms with Crippen molar-refractivity contribution >= 4 is 41.4 Å². The van der Waals surface area contributed by atoms with E-state index in [1.807, 2.05) is 30.5 Å². The van der Waals surface area contributed by atoms with Crippen LogP contribution in [0, 0.1) is 0 Å². The molecular formula is C23H24F3N2O3S+. The van der Waals surface area contributed by atoms with E-state index < -0.39 is 23.6 Å². The molecule has 0 unspecified atom stereocenters. The van der Waals surface area contributed by atoms with Crippen LogP contribution in [-0.2, 0) is 15.8 Å². The number of carbonyl (C=O) groups is 2. The Balaban J connectivity index is 2.21. The highest BCUT2D eigenvalue weighted by Gasteiger charge is 2.30. The molecule has 5 nitrogen and oxygen atoms in total. The normalized spacial score (nSPS) is 12.2. The van der Waals surface area contributed by atoms with Gasteiger partial charge in [-0.15, -0.1) is 11.8 Å². The molecule has 9 heteroatoms. The Morgan fingerprint density at radius 2 is 1.72 bits per heavy atom. The van der Waals surface area contributed by atoms with Gasteiger partial charge in [0.2, 0.25) is 5.91 Å². The minimum atomic E-state index is -4.46. The maximum Gasteiger partial charge on any atom is 0.418 e. The van der Waals surface area contributed by atoms with Crippen LogP contribution in [0.5, 0.6) is 0 Å². The highest BCUT2D eigenvalue weighted by molar-refractivity contribution is 7.98. The number of hydrogen-bond acceptors (Lipinski definition) is 4. The lowest BCUT2D eigenvalue weighted by molar-refractivity contribution is -0.365. The predicted octanol–water partition coefficient (Wildman–Crippen LogP) is 3.71. The molecule has 0 heterocycles. The van der Waals surface area contributed by atoms with Crippen molar-refractivity contribution in [2.75, 3.05) is 6.26 Å². The van der Waals surface area contributed by atoms with Crippen molar-refractivity contribution in [1.29, 1.82) is 0 Å². The Morgan fingerprint density at radius 3 is 2.28 bits per heavy atom. The summed E-state index contributed by atoms with van der Waals surface area (Å²) in [7, 11) is 0. The molecule has 0 spiro atoms. The Labute approximate surface area is 188 Å². The predicted molar refractivity (Wildman–Crippen MR) is 118 cm³/mol. The van der Waals surface area contributed by atoms with Crippen LogP contribution in [0.3, 0.4) is 0 Å². The molecule has 0 fully saturated rings. The number of benzene rings is 2.